The summed E-state index contributed by atoms with van der Waals surface area (Å²) in [4.78, 5) is 3.53. The van der Waals surface area contributed by atoms with Crippen molar-refractivity contribution in [3.63, 3.8) is 0 Å². The van der Waals surface area contributed by atoms with Crippen LogP contribution in [-0.2, 0) is 13.0 Å². The fourth-order valence-corrected chi connectivity index (χ4v) is 6.64. The monoisotopic (exact) mass is 553 g/mol. The van der Waals surface area contributed by atoms with E-state index in [1.54, 1.807) is 12.1 Å². The van der Waals surface area contributed by atoms with Gasteiger partial charge in [-0.2, -0.15) is 0 Å². The van der Waals surface area contributed by atoms with Crippen molar-refractivity contribution in [2.45, 2.75) is 51.3 Å². The van der Waals surface area contributed by atoms with E-state index in [0.717, 1.165) is 50.7 Å². The molecule has 0 saturated carbocycles. The molecule has 3 heterocycles. The van der Waals surface area contributed by atoms with E-state index in [9.17, 15) is 8.78 Å². The Hall–Kier alpha value is -3.10. The molecule has 0 radical (unpaired) electrons. The van der Waals surface area contributed by atoms with Crippen LogP contribution in [0.5, 0.6) is 5.75 Å². The lowest BCUT2D eigenvalue weighted by atomic mass is 9.78. The lowest BCUT2D eigenvalue weighted by Gasteiger charge is -2.49. The molecule has 2 atom stereocenters. The molecule has 1 spiro atoms. The van der Waals surface area contributed by atoms with Gasteiger partial charge in [-0.3, -0.25) is 4.90 Å². The Morgan fingerprint density at radius 1 is 1.02 bits per heavy atom. The number of hydrogen-bond acceptors (Lipinski definition) is 4. The number of benzene rings is 3. The lowest BCUT2D eigenvalue weighted by Crippen LogP contribution is -2.57. The third-order valence-electron chi connectivity index (χ3n) is 8.62. The fourth-order valence-electron chi connectivity index (χ4n) is 6.64. The molecule has 4 nitrogen and oxygen atoms in total. The van der Waals surface area contributed by atoms with Gasteiger partial charge in [-0.05, 0) is 67.3 Å². The van der Waals surface area contributed by atoms with Gasteiger partial charge in [-0.1, -0.05) is 36.4 Å². The predicted molar refractivity (Wildman–Crippen MR) is 148 cm³/mol. The molecular weight excluding hydrogens is 518 g/mol. The van der Waals surface area contributed by atoms with Crippen LogP contribution in [0.4, 0.5) is 23.2 Å². The summed E-state index contributed by atoms with van der Waals surface area (Å²) in [5, 5.41) is 3.37. The first-order valence-electron chi connectivity index (χ1n) is 14.0. The van der Waals surface area contributed by atoms with Crippen LogP contribution in [-0.4, -0.2) is 49.6 Å². The molecule has 0 aromatic heterocycles. The van der Waals surface area contributed by atoms with E-state index >= 15 is 8.78 Å². The third-order valence-corrected chi connectivity index (χ3v) is 8.62. The molecule has 3 aliphatic rings. The summed E-state index contributed by atoms with van der Waals surface area (Å²) in [7, 11) is 0. The summed E-state index contributed by atoms with van der Waals surface area (Å²) >= 11 is 0. The van der Waals surface area contributed by atoms with E-state index in [0.29, 0.717) is 30.0 Å². The van der Waals surface area contributed by atoms with Crippen LogP contribution in [0.1, 0.15) is 48.6 Å². The Morgan fingerprint density at radius 2 is 1.75 bits per heavy atom. The Morgan fingerprint density at radius 3 is 2.40 bits per heavy atom. The topological polar surface area (TPSA) is 27.7 Å². The molecule has 2 saturated heterocycles. The zero-order valence-electron chi connectivity index (χ0n) is 22.9. The number of nitrogens with zero attached hydrogens (tertiary/aromatic N) is 2. The normalized spacial score (nSPS) is 22.3. The molecular formula is C32H35F4N3O. The summed E-state index contributed by atoms with van der Waals surface area (Å²) in [6.07, 6.45) is 1.52. The van der Waals surface area contributed by atoms with Crippen molar-refractivity contribution in [1.82, 2.24) is 10.2 Å². The highest BCUT2D eigenvalue weighted by Gasteiger charge is 2.46. The van der Waals surface area contributed by atoms with Gasteiger partial charge in [-0.25, -0.2) is 17.6 Å². The second-order valence-electron chi connectivity index (χ2n) is 11.9. The standard InChI is InChI=1S/C32H35F4N3O/c1-21-12-23-13-25(40-16-22-6-4-3-5-7-22)8-9-26(23)30(39(21)18-31(2,35)36)29-27(33)14-24(15-28(29)34)38-19-32(20-38)10-11-37-17-32/h3-9,13-15,21,30,37H,10-12,16-20H2,1-2H3/t21-,30?/m1/s1. The maximum Gasteiger partial charge on any atom is 0.257 e. The quantitative estimate of drug-likeness (QED) is 0.346. The zero-order chi connectivity index (χ0) is 28.1. The molecule has 3 aromatic carbocycles. The summed E-state index contributed by atoms with van der Waals surface area (Å²) < 4.78 is 66.5. The molecule has 6 rings (SSSR count). The smallest absolute Gasteiger partial charge is 0.257 e. The molecule has 1 N–H and O–H groups in total. The van der Waals surface area contributed by atoms with Crippen LogP contribution in [0.15, 0.2) is 60.7 Å². The van der Waals surface area contributed by atoms with Crippen molar-refractivity contribution in [3.8, 4) is 5.75 Å². The van der Waals surface area contributed by atoms with Crippen molar-refractivity contribution in [1.29, 1.82) is 0 Å². The number of anilines is 1. The molecule has 212 valence electrons. The first kappa shape index (κ1) is 27.1. The van der Waals surface area contributed by atoms with Crippen LogP contribution in [0.3, 0.4) is 0 Å². The Labute approximate surface area is 232 Å². The number of nitrogens with one attached hydrogen (secondary N) is 1. The summed E-state index contributed by atoms with van der Waals surface area (Å²) in [6.45, 7) is 5.84. The van der Waals surface area contributed by atoms with Gasteiger partial charge in [-0.15, -0.1) is 0 Å². The van der Waals surface area contributed by atoms with Gasteiger partial charge < -0.3 is 15.0 Å². The van der Waals surface area contributed by atoms with Gasteiger partial charge in [0, 0.05) is 49.3 Å². The largest absolute Gasteiger partial charge is 0.489 e. The van der Waals surface area contributed by atoms with E-state index in [1.807, 2.05) is 48.2 Å². The summed E-state index contributed by atoms with van der Waals surface area (Å²) in [5.74, 6) is -3.82. The number of ether oxygens (including phenoxy) is 1. The first-order valence-corrected chi connectivity index (χ1v) is 14.0. The van der Waals surface area contributed by atoms with Crippen molar-refractivity contribution < 1.29 is 22.3 Å². The molecule has 0 aliphatic carbocycles. The van der Waals surface area contributed by atoms with E-state index in [4.69, 9.17) is 4.74 Å². The number of rotatable bonds is 7. The Balaban J connectivity index is 1.33. The van der Waals surface area contributed by atoms with Crippen molar-refractivity contribution in [2.75, 3.05) is 37.6 Å². The van der Waals surface area contributed by atoms with Crippen molar-refractivity contribution >= 4 is 5.69 Å². The molecule has 40 heavy (non-hydrogen) atoms. The third kappa shape index (κ3) is 5.31. The number of fused-ring (bicyclic) bond motifs is 1. The fraction of sp³-hybridized carbons (Fsp3) is 0.438. The second-order valence-corrected chi connectivity index (χ2v) is 11.9. The van der Waals surface area contributed by atoms with E-state index in [-0.39, 0.29) is 17.0 Å². The van der Waals surface area contributed by atoms with Crippen LogP contribution >= 0.6 is 0 Å². The minimum atomic E-state index is -3.03. The minimum Gasteiger partial charge on any atom is -0.489 e. The number of alkyl halides is 2. The Kier molecular flexibility index (Phi) is 7.03. The van der Waals surface area contributed by atoms with Crippen LogP contribution in [0.25, 0.3) is 0 Å². The van der Waals surface area contributed by atoms with E-state index in [1.165, 1.54) is 17.0 Å². The molecule has 0 amide bonds. The molecule has 8 heteroatoms. The number of hydrogen-bond donors (Lipinski definition) is 1. The lowest BCUT2D eigenvalue weighted by molar-refractivity contribution is -0.0371. The van der Waals surface area contributed by atoms with Gasteiger partial charge in [0.1, 0.15) is 24.0 Å². The highest BCUT2D eigenvalue weighted by molar-refractivity contribution is 5.54. The number of halogens is 4. The van der Waals surface area contributed by atoms with Crippen LogP contribution < -0.4 is 15.0 Å². The predicted octanol–water partition coefficient (Wildman–Crippen LogP) is 6.33. The van der Waals surface area contributed by atoms with E-state index in [2.05, 4.69) is 5.32 Å². The first-order chi connectivity index (χ1) is 19.1. The average molecular weight is 554 g/mol. The van der Waals surface area contributed by atoms with Gasteiger partial charge in [0.15, 0.2) is 0 Å². The van der Waals surface area contributed by atoms with Gasteiger partial charge >= 0.3 is 0 Å². The van der Waals surface area contributed by atoms with E-state index < -0.39 is 30.1 Å². The summed E-state index contributed by atoms with van der Waals surface area (Å²) in [5.41, 5.74) is 2.98. The van der Waals surface area contributed by atoms with Gasteiger partial charge in [0.25, 0.3) is 5.92 Å². The molecule has 1 unspecified atom stereocenters. The zero-order valence-corrected chi connectivity index (χ0v) is 22.9. The van der Waals surface area contributed by atoms with Crippen LogP contribution in [0, 0.1) is 17.0 Å². The average Bonchev–Trinajstić information content (AvgIpc) is 3.38. The molecule has 2 fully saturated rings. The SMILES string of the molecule is C[C@@H]1Cc2cc(OCc3ccccc3)ccc2C(c2c(F)cc(N3CC4(CCNC4)C3)cc2F)N1CC(C)(F)F. The highest BCUT2D eigenvalue weighted by Crippen LogP contribution is 2.45. The van der Waals surface area contributed by atoms with Gasteiger partial charge in [0.05, 0.1) is 12.6 Å². The molecule has 0 bridgehead atoms. The molecule has 3 aliphatic heterocycles. The molecule has 3 aromatic rings. The maximum absolute atomic E-state index is 15.9. The van der Waals surface area contributed by atoms with Crippen molar-refractivity contribution in [2.24, 2.45) is 5.41 Å². The maximum atomic E-state index is 15.9. The summed E-state index contributed by atoms with van der Waals surface area (Å²) in [6, 6.07) is 16.6. The van der Waals surface area contributed by atoms with Crippen molar-refractivity contribution in [3.05, 3.63) is 94.6 Å². The second kappa shape index (κ2) is 10.4. The minimum absolute atomic E-state index is 0.174. The van der Waals surface area contributed by atoms with Gasteiger partial charge in [0.2, 0.25) is 0 Å². The van der Waals surface area contributed by atoms with Crippen LogP contribution in [0.2, 0.25) is 0 Å². The highest BCUT2D eigenvalue weighted by atomic mass is 19.3. The Bertz CT molecular complexity index is 1340.